The van der Waals surface area contributed by atoms with Gasteiger partial charge in [0.05, 0.1) is 6.20 Å². The van der Waals surface area contributed by atoms with Gasteiger partial charge >= 0.3 is 0 Å². The van der Waals surface area contributed by atoms with Crippen molar-refractivity contribution >= 4 is 23.3 Å². The molecular formula is C18H19N5O. The summed E-state index contributed by atoms with van der Waals surface area (Å²) >= 11 is 0. The van der Waals surface area contributed by atoms with Crippen LogP contribution in [0.2, 0.25) is 0 Å². The van der Waals surface area contributed by atoms with Gasteiger partial charge in [0.1, 0.15) is 11.5 Å². The molecule has 6 heteroatoms. The first kappa shape index (κ1) is 13.8. The maximum absolute atomic E-state index is 11.5. The number of fused-ring (bicyclic) bond motifs is 1. The number of aromatic nitrogens is 4. The Hall–Kier alpha value is -2.63. The van der Waals surface area contributed by atoms with E-state index in [0.29, 0.717) is 11.9 Å². The number of hydrogen-bond acceptors (Lipinski definition) is 3. The minimum Gasteiger partial charge on any atom is -0.346 e. The molecule has 2 fully saturated rings. The summed E-state index contributed by atoms with van der Waals surface area (Å²) in [4.78, 5) is 21.1. The number of hydrogen-bond donors (Lipinski definition) is 1. The highest BCUT2D eigenvalue weighted by molar-refractivity contribution is 5.95. The largest absolute Gasteiger partial charge is 0.346 e. The number of amides is 1. The Morgan fingerprint density at radius 1 is 1.33 bits per heavy atom. The third-order valence-electron chi connectivity index (χ3n) is 4.92. The molecule has 3 aromatic heterocycles. The summed E-state index contributed by atoms with van der Waals surface area (Å²) in [5.74, 6) is 1.51. The summed E-state index contributed by atoms with van der Waals surface area (Å²) in [6.45, 7) is 0.997. The molecule has 0 aliphatic heterocycles. The lowest BCUT2D eigenvalue weighted by Gasteiger charge is -2.16. The number of carbonyl (C=O) groups excluding carboxylic acids is 1. The number of carbonyl (C=O) groups is 1. The van der Waals surface area contributed by atoms with Crippen molar-refractivity contribution in [2.45, 2.75) is 38.3 Å². The Morgan fingerprint density at radius 3 is 2.96 bits per heavy atom. The van der Waals surface area contributed by atoms with Gasteiger partial charge in [0.15, 0.2) is 0 Å². The Kier molecular flexibility index (Phi) is 2.98. The molecule has 5 rings (SSSR count). The van der Waals surface area contributed by atoms with Crippen LogP contribution in [0, 0.1) is 5.92 Å². The molecule has 0 unspecified atom stereocenters. The van der Waals surface area contributed by atoms with E-state index in [2.05, 4.69) is 21.3 Å². The number of pyridine rings is 1. The van der Waals surface area contributed by atoms with Crippen molar-refractivity contribution in [1.82, 2.24) is 19.7 Å². The first-order valence-corrected chi connectivity index (χ1v) is 8.56. The Labute approximate surface area is 139 Å². The van der Waals surface area contributed by atoms with Crippen LogP contribution in [0.1, 0.15) is 25.7 Å². The maximum Gasteiger partial charge on any atom is 0.215 e. The van der Waals surface area contributed by atoms with Crippen LogP contribution in [-0.2, 0) is 11.3 Å². The molecule has 0 aromatic carbocycles. The smallest absolute Gasteiger partial charge is 0.215 e. The predicted molar refractivity (Wildman–Crippen MR) is 91.6 cm³/mol. The number of nitrogens with zero attached hydrogens (tertiary/aromatic N) is 4. The summed E-state index contributed by atoms with van der Waals surface area (Å²) in [7, 11) is 0. The van der Waals surface area contributed by atoms with E-state index in [1.165, 1.54) is 12.8 Å². The average Bonchev–Trinajstić information content (AvgIpc) is 3.48. The van der Waals surface area contributed by atoms with E-state index >= 15 is 0 Å². The van der Waals surface area contributed by atoms with Crippen molar-refractivity contribution in [1.29, 1.82) is 0 Å². The standard InChI is InChI=1S/C18H19N5O/c24-11-23(14-3-4-14)17-7-16(15-5-6-19-18(15)21-17)13-8-20-22(10-13)9-12-1-2-12/h5-8,10-12,14H,1-4,9H2,(H,19,21). The molecular weight excluding hydrogens is 302 g/mol. The van der Waals surface area contributed by atoms with Crippen LogP contribution in [0.3, 0.4) is 0 Å². The van der Waals surface area contributed by atoms with Gasteiger partial charge in [0.2, 0.25) is 6.41 Å². The number of anilines is 1. The molecule has 6 nitrogen and oxygen atoms in total. The highest BCUT2D eigenvalue weighted by atomic mass is 16.1. The molecule has 0 spiro atoms. The van der Waals surface area contributed by atoms with Crippen LogP contribution in [0.5, 0.6) is 0 Å². The second-order valence-corrected chi connectivity index (χ2v) is 6.91. The summed E-state index contributed by atoms with van der Waals surface area (Å²) in [6, 6.07) is 4.34. The van der Waals surface area contributed by atoms with Gasteiger partial charge in [-0.15, -0.1) is 0 Å². The third kappa shape index (κ3) is 2.38. The second kappa shape index (κ2) is 5.19. The molecule has 1 N–H and O–H groups in total. The van der Waals surface area contributed by atoms with Crippen LogP contribution in [0.15, 0.2) is 30.7 Å². The van der Waals surface area contributed by atoms with E-state index in [-0.39, 0.29) is 0 Å². The van der Waals surface area contributed by atoms with E-state index in [1.54, 1.807) is 4.90 Å². The van der Waals surface area contributed by atoms with E-state index < -0.39 is 0 Å². The van der Waals surface area contributed by atoms with Crippen LogP contribution in [-0.4, -0.2) is 32.2 Å². The topological polar surface area (TPSA) is 66.8 Å². The van der Waals surface area contributed by atoms with Gasteiger partial charge < -0.3 is 4.98 Å². The van der Waals surface area contributed by atoms with Gasteiger partial charge in [0.25, 0.3) is 0 Å². The summed E-state index contributed by atoms with van der Waals surface area (Å²) in [6.07, 6.45) is 11.5. The number of rotatable bonds is 6. The Morgan fingerprint density at radius 2 is 2.21 bits per heavy atom. The lowest BCUT2D eigenvalue weighted by molar-refractivity contribution is -0.107. The highest BCUT2D eigenvalue weighted by Crippen LogP contribution is 2.35. The quantitative estimate of drug-likeness (QED) is 0.710. The van der Waals surface area contributed by atoms with Crippen molar-refractivity contribution in [3.8, 4) is 11.1 Å². The van der Waals surface area contributed by atoms with E-state index in [9.17, 15) is 4.79 Å². The molecule has 0 bridgehead atoms. The summed E-state index contributed by atoms with van der Waals surface area (Å²) in [5, 5.41) is 5.57. The molecule has 122 valence electrons. The Bertz CT molecular complexity index is 903. The van der Waals surface area contributed by atoms with Crippen molar-refractivity contribution in [3.05, 3.63) is 30.7 Å². The van der Waals surface area contributed by atoms with Crippen LogP contribution >= 0.6 is 0 Å². The minimum atomic E-state index is 0.299. The minimum absolute atomic E-state index is 0.299. The molecule has 3 aromatic rings. The molecule has 0 radical (unpaired) electrons. The molecule has 1 amide bonds. The van der Waals surface area contributed by atoms with E-state index in [4.69, 9.17) is 0 Å². The van der Waals surface area contributed by atoms with Gasteiger partial charge in [-0.2, -0.15) is 5.10 Å². The van der Waals surface area contributed by atoms with Crippen molar-refractivity contribution < 1.29 is 4.79 Å². The zero-order valence-electron chi connectivity index (χ0n) is 13.4. The molecule has 3 heterocycles. The normalized spacial score (nSPS) is 17.3. The number of H-pyrrole nitrogens is 1. The summed E-state index contributed by atoms with van der Waals surface area (Å²) in [5.41, 5.74) is 2.96. The molecule has 0 saturated heterocycles. The van der Waals surface area contributed by atoms with Crippen molar-refractivity contribution in [2.75, 3.05) is 4.90 Å². The maximum atomic E-state index is 11.5. The number of nitrogens with one attached hydrogen (secondary N) is 1. The fourth-order valence-corrected chi connectivity index (χ4v) is 3.24. The lowest BCUT2D eigenvalue weighted by atomic mass is 10.1. The average molecular weight is 321 g/mol. The van der Waals surface area contributed by atoms with Crippen LogP contribution in [0.4, 0.5) is 5.82 Å². The fourth-order valence-electron chi connectivity index (χ4n) is 3.24. The molecule has 24 heavy (non-hydrogen) atoms. The monoisotopic (exact) mass is 321 g/mol. The van der Waals surface area contributed by atoms with Crippen LogP contribution in [0.25, 0.3) is 22.2 Å². The van der Waals surface area contributed by atoms with E-state index in [0.717, 1.165) is 53.9 Å². The lowest BCUT2D eigenvalue weighted by Crippen LogP contribution is -2.24. The van der Waals surface area contributed by atoms with Crippen molar-refractivity contribution in [2.24, 2.45) is 5.92 Å². The van der Waals surface area contributed by atoms with Gasteiger partial charge in [0, 0.05) is 35.9 Å². The second-order valence-electron chi connectivity index (χ2n) is 6.91. The zero-order chi connectivity index (χ0) is 16.1. The zero-order valence-corrected chi connectivity index (χ0v) is 13.4. The van der Waals surface area contributed by atoms with Gasteiger partial charge in [-0.05, 0) is 49.3 Å². The van der Waals surface area contributed by atoms with Crippen molar-refractivity contribution in [3.63, 3.8) is 0 Å². The summed E-state index contributed by atoms with van der Waals surface area (Å²) < 4.78 is 2.03. The first-order chi connectivity index (χ1) is 11.8. The molecule has 2 aliphatic carbocycles. The van der Waals surface area contributed by atoms with Gasteiger partial charge in [-0.1, -0.05) is 0 Å². The Balaban J connectivity index is 1.59. The molecule has 0 atom stereocenters. The SMILES string of the molecule is O=CN(c1cc(-c2cnn(CC3CC3)c2)c2cc[nH]c2n1)C1CC1. The fraction of sp³-hybridized carbons (Fsp3) is 0.389. The third-order valence-corrected chi connectivity index (χ3v) is 4.92. The first-order valence-electron chi connectivity index (χ1n) is 8.56. The van der Waals surface area contributed by atoms with Gasteiger partial charge in [-0.25, -0.2) is 4.98 Å². The van der Waals surface area contributed by atoms with Gasteiger partial charge in [-0.3, -0.25) is 14.4 Å². The highest BCUT2D eigenvalue weighted by Gasteiger charge is 2.30. The molecule has 2 saturated carbocycles. The predicted octanol–water partition coefficient (Wildman–Crippen LogP) is 2.96. The van der Waals surface area contributed by atoms with E-state index in [1.807, 2.05) is 29.2 Å². The van der Waals surface area contributed by atoms with Crippen LogP contribution < -0.4 is 4.90 Å². The molecule has 2 aliphatic rings. The number of aromatic amines is 1.